The van der Waals surface area contributed by atoms with E-state index in [-0.39, 0.29) is 5.54 Å². The molecular formula is C9H9NS. The van der Waals surface area contributed by atoms with Crippen LogP contribution >= 0.6 is 11.3 Å². The van der Waals surface area contributed by atoms with Crippen molar-refractivity contribution < 1.29 is 0 Å². The first kappa shape index (κ1) is 6.87. The molecule has 0 aliphatic heterocycles. The minimum atomic E-state index is -0.0925. The van der Waals surface area contributed by atoms with E-state index in [9.17, 15) is 0 Å². The van der Waals surface area contributed by atoms with Gasteiger partial charge in [0, 0.05) is 28.7 Å². The Bertz CT molecular complexity index is 315. The first-order valence-corrected chi connectivity index (χ1v) is 4.59. The van der Waals surface area contributed by atoms with Crippen LogP contribution in [0.25, 0.3) is 4.85 Å². The number of aryl methyl sites for hydroxylation is 1. The van der Waals surface area contributed by atoms with Crippen molar-refractivity contribution in [2.24, 2.45) is 0 Å². The monoisotopic (exact) mass is 163 g/mol. The van der Waals surface area contributed by atoms with Crippen LogP contribution in [0, 0.1) is 13.5 Å². The largest absolute Gasteiger partial charge is 0.305 e. The smallest absolute Gasteiger partial charge is 0.259 e. The number of thiophene rings is 1. The van der Waals surface area contributed by atoms with E-state index in [4.69, 9.17) is 6.57 Å². The lowest BCUT2D eigenvalue weighted by molar-refractivity contribution is 0.890. The Morgan fingerprint density at radius 2 is 2.36 bits per heavy atom. The van der Waals surface area contributed by atoms with Gasteiger partial charge in [-0.15, -0.1) is 11.3 Å². The molecule has 1 nitrogen and oxygen atoms in total. The van der Waals surface area contributed by atoms with Crippen LogP contribution in [-0.4, -0.2) is 0 Å². The molecule has 0 radical (unpaired) electrons. The molecule has 56 valence electrons. The second-order valence-electron chi connectivity index (χ2n) is 3.09. The van der Waals surface area contributed by atoms with Crippen molar-refractivity contribution >= 4 is 11.3 Å². The quantitative estimate of drug-likeness (QED) is 0.561. The lowest BCUT2D eigenvalue weighted by Gasteiger charge is -1.95. The second kappa shape index (κ2) is 2.09. The Hall–Kier alpha value is -0.810. The third-order valence-corrected chi connectivity index (χ3v) is 3.07. The molecule has 0 N–H and O–H groups in total. The first-order chi connectivity index (χ1) is 5.27. The fourth-order valence-corrected chi connectivity index (χ4v) is 2.07. The maximum absolute atomic E-state index is 7.04. The number of rotatable bonds is 1. The van der Waals surface area contributed by atoms with E-state index < -0.39 is 0 Å². The van der Waals surface area contributed by atoms with Gasteiger partial charge in [0.25, 0.3) is 5.54 Å². The molecule has 0 atom stereocenters. The van der Waals surface area contributed by atoms with E-state index in [2.05, 4.69) is 23.2 Å². The van der Waals surface area contributed by atoms with Gasteiger partial charge in [0.05, 0.1) is 0 Å². The normalized spacial score (nSPS) is 19.3. The number of hydrogen-bond donors (Lipinski definition) is 0. The van der Waals surface area contributed by atoms with Gasteiger partial charge in [-0.2, -0.15) is 0 Å². The summed E-state index contributed by atoms with van der Waals surface area (Å²) in [6.07, 6.45) is 2.12. The van der Waals surface area contributed by atoms with Gasteiger partial charge < -0.3 is 4.85 Å². The van der Waals surface area contributed by atoms with Crippen LogP contribution in [0.15, 0.2) is 11.4 Å². The molecule has 1 fully saturated rings. The molecule has 0 amide bonds. The molecule has 1 saturated carbocycles. The summed E-state index contributed by atoms with van der Waals surface area (Å²) in [5.74, 6) is 0. The molecule has 0 aromatic carbocycles. The first-order valence-electron chi connectivity index (χ1n) is 3.71. The molecule has 11 heavy (non-hydrogen) atoms. The predicted molar refractivity (Wildman–Crippen MR) is 46.6 cm³/mol. The molecule has 1 aliphatic carbocycles. The molecule has 1 aromatic heterocycles. The second-order valence-corrected chi connectivity index (χ2v) is 4.20. The van der Waals surface area contributed by atoms with Crippen LogP contribution in [0.4, 0.5) is 0 Å². The van der Waals surface area contributed by atoms with Gasteiger partial charge in [-0.05, 0) is 13.0 Å². The van der Waals surface area contributed by atoms with E-state index in [1.54, 1.807) is 11.3 Å². The van der Waals surface area contributed by atoms with Crippen LogP contribution in [0.5, 0.6) is 0 Å². The summed E-state index contributed by atoms with van der Waals surface area (Å²) in [5, 5.41) is 2.13. The van der Waals surface area contributed by atoms with Gasteiger partial charge in [-0.1, -0.05) is 0 Å². The molecule has 2 rings (SSSR count). The minimum absolute atomic E-state index is 0.0925. The van der Waals surface area contributed by atoms with Crippen molar-refractivity contribution in [1.82, 2.24) is 0 Å². The summed E-state index contributed by atoms with van der Waals surface area (Å²) in [7, 11) is 0. The van der Waals surface area contributed by atoms with Crippen LogP contribution in [0.3, 0.4) is 0 Å². The molecule has 0 unspecified atom stereocenters. The Kier molecular flexibility index (Phi) is 1.30. The SMILES string of the molecule is [C-]#[N+]C1(c2csc(C)c2)CC1. The maximum atomic E-state index is 7.04. The molecule has 1 aliphatic rings. The van der Waals surface area contributed by atoms with E-state index in [1.807, 2.05) is 0 Å². The predicted octanol–water partition coefficient (Wildman–Crippen LogP) is 2.96. The summed E-state index contributed by atoms with van der Waals surface area (Å²) >= 11 is 1.74. The van der Waals surface area contributed by atoms with E-state index in [0.717, 1.165) is 12.8 Å². The van der Waals surface area contributed by atoms with Gasteiger partial charge in [-0.25, -0.2) is 6.57 Å². The Labute approximate surface area is 70.5 Å². The number of hydrogen-bond acceptors (Lipinski definition) is 1. The van der Waals surface area contributed by atoms with Gasteiger partial charge in [-0.3, -0.25) is 0 Å². The fraction of sp³-hybridized carbons (Fsp3) is 0.444. The molecule has 0 bridgehead atoms. The summed E-state index contributed by atoms with van der Waals surface area (Å²) < 4.78 is 0. The van der Waals surface area contributed by atoms with Crippen molar-refractivity contribution in [3.05, 3.63) is 33.3 Å². The zero-order valence-electron chi connectivity index (χ0n) is 6.42. The zero-order chi connectivity index (χ0) is 7.90. The van der Waals surface area contributed by atoms with Crippen LogP contribution in [0.2, 0.25) is 0 Å². The van der Waals surface area contributed by atoms with Crippen molar-refractivity contribution in [3.63, 3.8) is 0 Å². The fourth-order valence-electron chi connectivity index (χ4n) is 1.27. The lowest BCUT2D eigenvalue weighted by Crippen LogP contribution is -1.95. The van der Waals surface area contributed by atoms with Gasteiger partial charge in [0.2, 0.25) is 0 Å². The van der Waals surface area contributed by atoms with Crippen molar-refractivity contribution in [2.45, 2.75) is 25.3 Å². The van der Waals surface area contributed by atoms with Gasteiger partial charge in [0.1, 0.15) is 0 Å². The summed E-state index contributed by atoms with van der Waals surface area (Å²) in [5.41, 5.74) is 1.15. The molecule has 1 heterocycles. The van der Waals surface area contributed by atoms with Crippen LogP contribution < -0.4 is 0 Å². The van der Waals surface area contributed by atoms with Crippen molar-refractivity contribution in [2.75, 3.05) is 0 Å². The van der Waals surface area contributed by atoms with Crippen LogP contribution in [0.1, 0.15) is 23.3 Å². The highest BCUT2D eigenvalue weighted by molar-refractivity contribution is 7.10. The van der Waals surface area contributed by atoms with Crippen molar-refractivity contribution in [1.29, 1.82) is 0 Å². The van der Waals surface area contributed by atoms with E-state index in [0.29, 0.717) is 0 Å². The highest BCUT2D eigenvalue weighted by Crippen LogP contribution is 2.50. The Morgan fingerprint density at radius 3 is 2.73 bits per heavy atom. The summed E-state index contributed by atoms with van der Waals surface area (Å²) in [6, 6.07) is 2.15. The standard InChI is InChI=1S/C9H9NS/c1-7-5-8(6-11-7)9(10-2)3-4-9/h5-6H,3-4H2,1H3. The average molecular weight is 163 g/mol. The minimum Gasteiger partial charge on any atom is -0.305 e. The molecule has 0 saturated heterocycles. The van der Waals surface area contributed by atoms with Crippen LogP contribution in [-0.2, 0) is 5.54 Å². The molecular weight excluding hydrogens is 154 g/mol. The van der Waals surface area contributed by atoms with Crippen molar-refractivity contribution in [3.8, 4) is 0 Å². The maximum Gasteiger partial charge on any atom is 0.259 e. The van der Waals surface area contributed by atoms with E-state index >= 15 is 0 Å². The molecule has 1 aromatic rings. The lowest BCUT2D eigenvalue weighted by atomic mass is 10.1. The van der Waals surface area contributed by atoms with Gasteiger partial charge in [0.15, 0.2) is 0 Å². The summed E-state index contributed by atoms with van der Waals surface area (Å²) in [6.45, 7) is 9.14. The highest BCUT2D eigenvalue weighted by Gasteiger charge is 2.52. The zero-order valence-corrected chi connectivity index (χ0v) is 7.24. The molecule has 0 spiro atoms. The highest BCUT2D eigenvalue weighted by atomic mass is 32.1. The van der Waals surface area contributed by atoms with Gasteiger partial charge >= 0.3 is 0 Å². The third kappa shape index (κ3) is 0.965. The topological polar surface area (TPSA) is 4.36 Å². The average Bonchev–Trinajstić information content (AvgIpc) is 2.70. The Balaban J connectivity index is 2.38. The third-order valence-electron chi connectivity index (χ3n) is 2.21. The number of nitrogens with zero attached hydrogens (tertiary/aromatic N) is 1. The van der Waals surface area contributed by atoms with E-state index in [1.165, 1.54) is 10.4 Å². The summed E-state index contributed by atoms with van der Waals surface area (Å²) in [4.78, 5) is 4.99. The molecule has 2 heteroatoms. The Morgan fingerprint density at radius 1 is 1.64 bits per heavy atom.